The van der Waals surface area contributed by atoms with Crippen LogP contribution in [0, 0.1) is 0 Å². The lowest BCUT2D eigenvalue weighted by Crippen LogP contribution is -2.17. The maximum absolute atomic E-state index is 11.2. The lowest BCUT2D eigenvalue weighted by atomic mass is 10.2. The van der Waals surface area contributed by atoms with E-state index < -0.39 is 5.97 Å². The van der Waals surface area contributed by atoms with Gasteiger partial charge in [-0.15, -0.1) is 11.3 Å². The first-order valence-electron chi connectivity index (χ1n) is 5.52. The Kier molecular flexibility index (Phi) is 3.99. The van der Waals surface area contributed by atoms with Crippen molar-refractivity contribution in [3.05, 3.63) is 35.2 Å². The molecule has 5 nitrogen and oxygen atoms in total. The maximum atomic E-state index is 11.2. The highest BCUT2D eigenvalue weighted by Crippen LogP contribution is 2.18. The van der Waals surface area contributed by atoms with E-state index in [-0.39, 0.29) is 6.04 Å². The average Bonchev–Trinajstić information content (AvgIpc) is 2.99. The van der Waals surface area contributed by atoms with Crippen molar-refractivity contribution in [2.45, 2.75) is 19.4 Å². The SMILES string of the molecule is COC(=O)c1csc(NC(C)Cc2ccco2)n1. The number of furan rings is 1. The van der Waals surface area contributed by atoms with Crippen LogP contribution in [0.15, 0.2) is 28.2 Å². The summed E-state index contributed by atoms with van der Waals surface area (Å²) < 4.78 is 9.87. The van der Waals surface area contributed by atoms with E-state index in [1.54, 1.807) is 11.6 Å². The van der Waals surface area contributed by atoms with Crippen molar-refractivity contribution in [3.63, 3.8) is 0 Å². The Balaban J connectivity index is 1.92. The van der Waals surface area contributed by atoms with Crippen LogP contribution >= 0.6 is 11.3 Å². The molecular weight excluding hydrogens is 252 g/mol. The monoisotopic (exact) mass is 266 g/mol. The van der Waals surface area contributed by atoms with Crippen molar-refractivity contribution >= 4 is 22.4 Å². The van der Waals surface area contributed by atoms with E-state index in [9.17, 15) is 4.79 Å². The van der Waals surface area contributed by atoms with E-state index >= 15 is 0 Å². The van der Waals surface area contributed by atoms with Gasteiger partial charge in [0.05, 0.1) is 13.4 Å². The fourth-order valence-electron chi connectivity index (χ4n) is 1.53. The molecule has 1 atom stereocenters. The summed E-state index contributed by atoms with van der Waals surface area (Å²) >= 11 is 1.38. The summed E-state index contributed by atoms with van der Waals surface area (Å²) in [5.41, 5.74) is 0.329. The molecule has 0 aliphatic heterocycles. The number of nitrogens with one attached hydrogen (secondary N) is 1. The summed E-state index contributed by atoms with van der Waals surface area (Å²) in [6.07, 6.45) is 2.42. The normalized spacial score (nSPS) is 12.1. The van der Waals surface area contributed by atoms with E-state index in [4.69, 9.17) is 4.42 Å². The molecule has 2 heterocycles. The van der Waals surface area contributed by atoms with Gasteiger partial charge in [-0.25, -0.2) is 9.78 Å². The molecule has 0 spiro atoms. The number of hydrogen-bond acceptors (Lipinski definition) is 6. The molecule has 0 saturated heterocycles. The largest absolute Gasteiger partial charge is 0.469 e. The number of thiazole rings is 1. The number of esters is 1. The van der Waals surface area contributed by atoms with Gasteiger partial charge in [0.2, 0.25) is 0 Å². The first kappa shape index (κ1) is 12.6. The third-order valence-corrected chi connectivity index (χ3v) is 3.13. The smallest absolute Gasteiger partial charge is 0.357 e. The number of nitrogens with zero attached hydrogens (tertiary/aromatic N) is 1. The summed E-state index contributed by atoms with van der Waals surface area (Å²) in [6.45, 7) is 2.03. The van der Waals surface area contributed by atoms with Crippen LogP contribution in [0.25, 0.3) is 0 Å². The molecule has 0 aromatic carbocycles. The summed E-state index contributed by atoms with van der Waals surface area (Å²) in [5.74, 6) is 0.498. The molecule has 6 heteroatoms. The van der Waals surface area contributed by atoms with Gasteiger partial charge in [-0.2, -0.15) is 0 Å². The van der Waals surface area contributed by atoms with Crippen molar-refractivity contribution in [1.29, 1.82) is 0 Å². The minimum absolute atomic E-state index is 0.174. The third-order valence-electron chi connectivity index (χ3n) is 2.36. The number of anilines is 1. The van der Waals surface area contributed by atoms with Crippen LogP contribution in [0.4, 0.5) is 5.13 Å². The number of rotatable bonds is 5. The Morgan fingerprint density at radius 1 is 1.67 bits per heavy atom. The fourth-order valence-corrected chi connectivity index (χ4v) is 2.32. The summed E-state index contributed by atoms with van der Waals surface area (Å²) in [4.78, 5) is 15.4. The van der Waals surface area contributed by atoms with E-state index in [2.05, 4.69) is 15.0 Å². The number of carbonyl (C=O) groups excluding carboxylic acids is 1. The Morgan fingerprint density at radius 3 is 3.17 bits per heavy atom. The molecule has 0 amide bonds. The van der Waals surface area contributed by atoms with Crippen molar-refractivity contribution in [1.82, 2.24) is 4.98 Å². The molecule has 2 aromatic heterocycles. The van der Waals surface area contributed by atoms with Crippen LogP contribution in [0.1, 0.15) is 23.2 Å². The highest BCUT2D eigenvalue weighted by Gasteiger charge is 2.12. The van der Waals surface area contributed by atoms with Crippen LogP contribution < -0.4 is 5.32 Å². The Bertz CT molecular complexity index is 507. The minimum atomic E-state index is -0.419. The zero-order valence-electron chi connectivity index (χ0n) is 10.2. The number of aromatic nitrogens is 1. The Hall–Kier alpha value is -1.82. The van der Waals surface area contributed by atoms with Crippen LogP contribution in [0.5, 0.6) is 0 Å². The predicted molar refractivity (Wildman–Crippen MR) is 69.0 cm³/mol. The molecule has 0 radical (unpaired) electrons. The van der Waals surface area contributed by atoms with Crippen molar-refractivity contribution < 1.29 is 13.9 Å². The van der Waals surface area contributed by atoms with Gasteiger partial charge < -0.3 is 14.5 Å². The minimum Gasteiger partial charge on any atom is -0.469 e. The second-order valence-corrected chi connectivity index (χ2v) is 4.72. The van der Waals surface area contributed by atoms with Gasteiger partial charge >= 0.3 is 5.97 Å². The highest BCUT2D eigenvalue weighted by atomic mass is 32.1. The fraction of sp³-hybridized carbons (Fsp3) is 0.333. The molecule has 1 N–H and O–H groups in total. The molecule has 0 aliphatic carbocycles. The molecule has 0 saturated carbocycles. The maximum Gasteiger partial charge on any atom is 0.357 e. The van der Waals surface area contributed by atoms with Crippen molar-refractivity contribution in [2.24, 2.45) is 0 Å². The van der Waals surface area contributed by atoms with E-state index in [1.807, 2.05) is 19.1 Å². The van der Waals surface area contributed by atoms with E-state index in [0.717, 1.165) is 12.2 Å². The number of ether oxygens (including phenoxy) is 1. The number of carbonyl (C=O) groups is 1. The standard InChI is InChI=1S/C12H14N2O3S/c1-8(6-9-4-3-5-17-9)13-12-14-10(7-18-12)11(15)16-2/h3-5,7-8H,6H2,1-2H3,(H,13,14). The molecule has 2 aromatic rings. The van der Waals surface area contributed by atoms with Gasteiger partial charge in [0.1, 0.15) is 5.76 Å². The van der Waals surface area contributed by atoms with E-state index in [0.29, 0.717) is 10.8 Å². The molecule has 0 fully saturated rings. The molecule has 0 aliphatic rings. The van der Waals surface area contributed by atoms with Gasteiger partial charge in [-0.3, -0.25) is 0 Å². The zero-order chi connectivity index (χ0) is 13.0. The molecule has 2 rings (SSSR count). The van der Waals surface area contributed by atoms with Gasteiger partial charge in [0.25, 0.3) is 0 Å². The number of methoxy groups -OCH3 is 1. The van der Waals surface area contributed by atoms with Crippen molar-refractivity contribution in [2.75, 3.05) is 12.4 Å². The molecule has 18 heavy (non-hydrogen) atoms. The van der Waals surface area contributed by atoms with Crippen molar-refractivity contribution in [3.8, 4) is 0 Å². The Morgan fingerprint density at radius 2 is 2.50 bits per heavy atom. The summed E-state index contributed by atoms with van der Waals surface area (Å²) in [6, 6.07) is 3.97. The Labute approximate surface area is 109 Å². The van der Waals surface area contributed by atoms with Gasteiger partial charge in [0, 0.05) is 17.8 Å². The topological polar surface area (TPSA) is 64.4 Å². The second-order valence-electron chi connectivity index (χ2n) is 3.86. The quantitative estimate of drug-likeness (QED) is 0.843. The lowest BCUT2D eigenvalue weighted by molar-refractivity contribution is 0.0595. The summed E-state index contributed by atoms with van der Waals surface area (Å²) in [7, 11) is 1.34. The first-order chi connectivity index (χ1) is 8.69. The molecule has 1 unspecified atom stereocenters. The van der Waals surface area contributed by atoms with Crippen LogP contribution in [-0.2, 0) is 11.2 Å². The molecule has 0 bridgehead atoms. The first-order valence-corrected chi connectivity index (χ1v) is 6.39. The molecule has 96 valence electrons. The van der Waals surface area contributed by atoms with Crippen LogP contribution in [0.2, 0.25) is 0 Å². The summed E-state index contributed by atoms with van der Waals surface area (Å²) in [5, 5.41) is 5.60. The van der Waals surface area contributed by atoms with Crippen LogP contribution in [-0.4, -0.2) is 24.1 Å². The second kappa shape index (κ2) is 5.68. The predicted octanol–water partition coefficient (Wildman–Crippen LogP) is 2.57. The van der Waals surface area contributed by atoms with E-state index in [1.165, 1.54) is 18.4 Å². The van der Waals surface area contributed by atoms with Gasteiger partial charge in [-0.1, -0.05) is 0 Å². The third kappa shape index (κ3) is 3.10. The lowest BCUT2D eigenvalue weighted by Gasteiger charge is -2.10. The van der Waals surface area contributed by atoms with Crippen LogP contribution in [0.3, 0.4) is 0 Å². The highest BCUT2D eigenvalue weighted by molar-refractivity contribution is 7.13. The zero-order valence-corrected chi connectivity index (χ0v) is 11.0. The number of hydrogen-bond donors (Lipinski definition) is 1. The van der Waals surface area contributed by atoms with Gasteiger partial charge in [0.15, 0.2) is 10.8 Å². The van der Waals surface area contributed by atoms with Gasteiger partial charge in [-0.05, 0) is 19.1 Å². The molecular formula is C12H14N2O3S. The average molecular weight is 266 g/mol.